The molecule has 0 radical (unpaired) electrons. The Bertz CT molecular complexity index is 938. The van der Waals surface area contributed by atoms with Crippen LogP contribution in [0.4, 0.5) is 0 Å². The molecule has 0 fully saturated rings. The molecule has 3 aromatic rings. The zero-order chi connectivity index (χ0) is 19.6. The summed E-state index contributed by atoms with van der Waals surface area (Å²) in [5, 5.41) is 10.6. The van der Waals surface area contributed by atoms with E-state index in [2.05, 4.69) is 20.2 Å². The van der Waals surface area contributed by atoms with Gasteiger partial charge in [-0.15, -0.1) is 21.5 Å². The van der Waals surface area contributed by atoms with E-state index in [9.17, 15) is 4.79 Å². The number of hydrogen-bond acceptors (Lipinski definition) is 9. The fraction of sp³-hybridized carbons (Fsp3) is 0.389. The van der Waals surface area contributed by atoms with Gasteiger partial charge in [0.1, 0.15) is 16.4 Å². The first-order valence-corrected chi connectivity index (χ1v) is 10.2. The highest BCUT2D eigenvalue weighted by Gasteiger charge is 2.25. The number of ether oxygens (including phenoxy) is 1. The molecule has 3 aromatic heterocycles. The van der Waals surface area contributed by atoms with Crippen molar-refractivity contribution in [3.05, 3.63) is 40.5 Å². The van der Waals surface area contributed by atoms with Gasteiger partial charge < -0.3 is 9.15 Å². The van der Waals surface area contributed by atoms with Crippen LogP contribution in [0, 0.1) is 6.92 Å². The number of carbonyl (C=O) groups excluding carboxylic acids is 1. The predicted molar refractivity (Wildman–Crippen MR) is 104 cm³/mol. The second kappa shape index (κ2) is 8.18. The third kappa shape index (κ3) is 4.19. The number of methoxy groups -OCH3 is 1. The Hall–Kier alpha value is -2.26. The summed E-state index contributed by atoms with van der Waals surface area (Å²) in [5.74, 6) is 1.32. The normalized spacial score (nSPS) is 12.4. The van der Waals surface area contributed by atoms with E-state index in [0.717, 1.165) is 4.88 Å². The van der Waals surface area contributed by atoms with Crippen LogP contribution in [0.15, 0.2) is 27.0 Å². The number of aryl methyl sites for hydroxylation is 1. The standard InChI is InChI=1S/C18H20N4O3S2/c1-9(2)14-19-10(3)13(18(23)24-5)17(20-14)27-11(4)15-21-22-16(25-15)12-7-6-8-26-12/h6-9,11H,1-5H3. The highest BCUT2D eigenvalue weighted by atomic mass is 32.2. The largest absolute Gasteiger partial charge is 0.465 e. The molecule has 0 aromatic carbocycles. The number of aromatic nitrogens is 4. The minimum atomic E-state index is -0.456. The molecular formula is C18H20N4O3S2. The molecule has 1 unspecified atom stereocenters. The number of hydrogen-bond donors (Lipinski definition) is 0. The predicted octanol–water partition coefficient (Wildman–Crippen LogP) is 4.66. The summed E-state index contributed by atoms with van der Waals surface area (Å²) in [6.45, 7) is 7.74. The van der Waals surface area contributed by atoms with Crippen molar-refractivity contribution >= 4 is 29.1 Å². The number of rotatable bonds is 6. The number of thioether (sulfide) groups is 1. The smallest absolute Gasteiger partial charge is 0.342 e. The summed E-state index contributed by atoms with van der Waals surface area (Å²) in [7, 11) is 1.35. The van der Waals surface area contributed by atoms with Gasteiger partial charge in [-0.1, -0.05) is 31.7 Å². The van der Waals surface area contributed by atoms with E-state index in [0.29, 0.717) is 33.9 Å². The minimum Gasteiger partial charge on any atom is -0.465 e. The summed E-state index contributed by atoms with van der Waals surface area (Å²) in [5.41, 5.74) is 0.969. The molecule has 0 spiro atoms. The van der Waals surface area contributed by atoms with E-state index in [-0.39, 0.29) is 11.2 Å². The highest BCUT2D eigenvalue weighted by Crippen LogP contribution is 2.37. The van der Waals surface area contributed by atoms with E-state index in [1.807, 2.05) is 38.3 Å². The van der Waals surface area contributed by atoms with Crippen LogP contribution >= 0.6 is 23.1 Å². The van der Waals surface area contributed by atoms with Crippen LogP contribution in [0.5, 0.6) is 0 Å². The Morgan fingerprint density at radius 3 is 2.67 bits per heavy atom. The summed E-state index contributed by atoms with van der Waals surface area (Å²) >= 11 is 2.92. The molecule has 0 amide bonds. The maximum absolute atomic E-state index is 12.2. The van der Waals surface area contributed by atoms with Crippen LogP contribution in [0.25, 0.3) is 10.8 Å². The molecule has 0 aliphatic rings. The number of carbonyl (C=O) groups is 1. The van der Waals surface area contributed by atoms with Crippen LogP contribution in [0.1, 0.15) is 59.7 Å². The Morgan fingerprint density at radius 2 is 2.04 bits per heavy atom. The van der Waals surface area contributed by atoms with Crippen LogP contribution < -0.4 is 0 Å². The molecule has 7 nitrogen and oxygen atoms in total. The number of nitrogens with zero attached hydrogens (tertiary/aromatic N) is 4. The lowest BCUT2D eigenvalue weighted by Gasteiger charge is -2.14. The Morgan fingerprint density at radius 1 is 1.26 bits per heavy atom. The molecule has 0 saturated carbocycles. The third-order valence-electron chi connectivity index (χ3n) is 3.79. The summed E-state index contributed by atoms with van der Waals surface area (Å²) < 4.78 is 10.7. The average Bonchev–Trinajstić information content (AvgIpc) is 3.32. The van der Waals surface area contributed by atoms with Gasteiger partial charge >= 0.3 is 5.97 Å². The van der Waals surface area contributed by atoms with Crippen LogP contribution in [-0.4, -0.2) is 33.2 Å². The molecule has 9 heteroatoms. The molecule has 0 aliphatic heterocycles. The van der Waals surface area contributed by atoms with E-state index in [1.54, 1.807) is 6.92 Å². The number of thiophene rings is 1. The molecule has 0 aliphatic carbocycles. The lowest BCUT2D eigenvalue weighted by Crippen LogP contribution is -2.12. The van der Waals surface area contributed by atoms with Crippen molar-refractivity contribution in [3.8, 4) is 10.8 Å². The first kappa shape index (κ1) is 19.5. The summed E-state index contributed by atoms with van der Waals surface area (Å²) in [4.78, 5) is 22.2. The quantitative estimate of drug-likeness (QED) is 0.333. The van der Waals surface area contributed by atoms with Crippen molar-refractivity contribution in [3.63, 3.8) is 0 Å². The SMILES string of the molecule is COC(=O)c1c(C)nc(C(C)C)nc1SC(C)c1nnc(-c2cccs2)o1. The second-order valence-corrected chi connectivity index (χ2v) is 8.45. The minimum absolute atomic E-state index is 0.138. The van der Waals surface area contributed by atoms with Gasteiger partial charge in [0.15, 0.2) is 0 Å². The molecule has 0 saturated heterocycles. The number of esters is 1. The fourth-order valence-corrected chi connectivity index (χ4v) is 4.03. The van der Waals surface area contributed by atoms with Gasteiger partial charge in [-0.3, -0.25) is 0 Å². The van der Waals surface area contributed by atoms with Gasteiger partial charge in [0.25, 0.3) is 5.89 Å². The highest BCUT2D eigenvalue weighted by molar-refractivity contribution is 7.99. The topological polar surface area (TPSA) is 91.0 Å². The van der Waals surface area contributed by atoms with Crippen LogP contribution in [-0.2, 0) is 4.74 Å². The van der Waals surface area contributed by atoms with Crippen molar-refractivity contribution in [2.75, 3.05) is 7.11 Å². The van der Waals surface area contributed by atoms with E-state index >= 15 is 0 Å². The van der Waals surface area contributed by atoms with Gasteiger partial charge in [0.2, 0.25) is 5.89 Å². The van der Waals surface area contributed by atoms with E-state index < -0.39 is 5.97 Å². The maximum atomic E-state index is 12.2. The molecule has 3 rings (SSSR count). The van der Waals surface area contributed by atoms with Crippen LogP contribution in [0.2, 0.25) is 0 Å². The lowest BCUT2D eigenvalue weighted by atomic mass is 10.2. The molecular weight excluding hydrogens is 384 g/mol. The summed E-state index contributed by atoms with van der Waals surface area (Å²) in [6, 6.07) is 3.86. The van der Waals surface area contributed by atoms with Gasteiger partial charge in [0.05, 0.1) is 22.9 Å². The third-order valence-corrected chi connectivity index (χ3v) is 5.72. The molecule has 142 valence electrons. The zero-order valence-corrected chi connectivity index (χ0v) is 17.3. The second-order valence-electron chi connectivity index (χ2n) is 6.18. The van der Waals surface area contributed by atoms with Crippen molar-refractivity contribution in [2.45, 2.75) is 43.9 Å². The first-order valence-electron chi connectivity index (χ1n) is 8.41. The molecule has 0 N–H and O–H groups in total. The zero-order valence-electron chi connectivity index (χ0n) is 15.7. The van der Waals surface area contributed by atoms with Gasteiger partial charge in [-0.25, -0.2) is 14.8 Å². The Balaban J connectivity index is 1.92. The first-order chi connectivity index (χ1) is 12.9. The van der Waals surface area contributed by atoms with Crippen molar-refractivity contribution in [2.24, 2.45) is 0 Å². The van der Waals surface area contributed by atoms with Crippen LogP contribution in [0.3, 0.4) is 0 Å². The van der Waals surface area contributed by atoms with Gasteiger partial charge in [-0.05, 0) is 25.3 Å². The maximum Gasteiger partial charge on any atom is 0.342 e. The van der Waals surface area contributed by atoms with E-state index in [4.69, 9.17) is 9.15 Å². The summed E-state index contributed by atoms with van der Waals surface area (Å²) in [6.07, 6.45) is 0. The van der Waals surface area contributed by atoms with Crippen molar-refractivity contribution in [1.29, 1.82) is 0 Å². The van der Waals surface area contributed by atoms with E-state index in [1.165, 1.54) is 30.2 Å². The molecule has 27 heavy (non-hydrogen) atoms. The molecule has 3 heterocycles. The van der Waals surface area contributed by atoms with Gasteiger partial charge in [0, 0.05) is 5.92 Å². The fourth-order valence-electron chi connectivity index (χ4n) is 2.36. The van der Waals surface area contributed by atoms with Gasteiger partial charge in [-0.2, -0.15) is 0 Å². The monoisotopic (exact) mass is 404 g/mol. The van der Waals surface area contributed by atoms with Crippen molar-refractivity contribution < 1.29 is 13.9 Å². The lowest BCUT2D eigenvalue weighted by molar-refractivity contribution is 0.0594. The molecule has 0 bridgehead atoms. The van der Waals surface area contributed by atoms with Crippen molar-refractivity contribution in [1.82, 2.24) is 20.2 Å². The Labute approximate surface area is 165 Å². The molecule has 1 atom stereocenters. The average molecular weight is 405 g/mol. The Kier molecular flexibility index (Phi) is 5.91.